The molecule has 0 radical (unpaired) electrons. The molecule has 6 nitrogen and oxygen atoms in total. The molecule has 1 amide bonds. The molecule has 6 heteroatoms. The maximum atomic E-state index is 11.4. The lowest BCUT2D eigenvalue weighted by molar-refractivity contribution is -0.148. The number of carboxylic acids is 1. The molecule has 0 spiro atoms. The highest BCUT2D eigenvalue weighted by Crippen LogP contribution is 2.33. The van der Waals surface area contributed by atoms with Gasteiger partial charge in [-0.25, -0.2) is 0 Å². The van der Waals surface area contributed by atoms with Crippen molar-refractivity contribution in [2.24, 2.45) is 5.41 Å². The van der Waals surface area contributed by atoms with Gasteiger partial charge in [0, 0.05) is 6.54 Å². The molecule has 1 atom stereocenters. The fraction of sp³-hybridized carbons (Fsp3) is 0.727. The highest BCUT2D eigenvalue weighted by Gasteiger charge is 2.43. The van der Waals surface area contributed by atoms with E-state index in [4.69, 9.17) is 5.26 Å². The first-order chi connectivity index (χ1) is 8.04. The Labute approximate surface area is 100 Å². The van der Waals surface area contributed by atoms with Crippen LogP contribution in [0.25, 0.3) is 0 Å². The van der Waals surface area contributed by atoms with Crippen LogP contribution in [0, 0.1) is 16.7 Å². The quantitative estimate of drug-likeness (QED) is 0.649. The summed E-state index contributed by atoms with van der Waals surface area (Å²) in [6, 6.07) is 1.82. The molecule has 0 aliphatic carbocycles. The summed E-state index contributed by atoms with van der Waals surface area (Å²) in [5, 5.41) is 19.9. The summed E-state index contributed by atoms with van der Waals surface area (Å²) < 4.78 is 0. The van der Waals surface area contributed by atoms with E-state index in [1.807, 2.05) is 17.9 Å². The molecule has 2 N–H and O–H groups in total. The van der Waals surface area contributed by atoms with Gasteiger partial charge < -0.3 is 10.4 Å². The maximum Gasteiger partial charge on any atom is 0.310 e. The Morgan fingerprint density at radius 3 is 2.76 bits per heavy atom. The number of nitriles is 1. The second-order valence-electron chi connectivity index (χ2n) is 4.33. The second-order valence-corrected chi connectivity index (χ2v) is 4.33. The van der Waals surface area contributed by atoms with E-state index in [0.29, 0.717) is 25.9 Å². The number of carboxylic acid groups (broad SMARTS) is 1. The van der Waals surface area contributed by atoms with Crippen molar-refractivity contribution in [3.05, 3.63) is 0 Å². The summed E-state index contributed by atoms with van der Waals surface area (Å²) in [6.45, 7) is 3.02. The fourth-order valence-corrected chi connectivity index (χ4v) is 2.10. The smallest absolute Gasteiger partial charge is 0.310 e. The molecule has 17 heavy (non-hydrogen) atoms. The minimum atomic E-state index is -0.792. The molecule has 0 aromatic heterocycles. The zero-order valence-electron chi connectivity index (χ0n) is 9.90. The van der Waals surface area contributed by atoms with Gasteiger partial charge in [0.2, 0.25) is 5.91 Å². The summed E-state index contributed by atoms with van der Waals surface area (Å²) in [5.74, 6) is -1.02. The zero-order chi connectivity index (χ0) is 12.9. The van der Waals surface area contributed by atoms with Crippen LogP contribution in [0.3, 0.4) is 0 Å². The average Bonchev–Trinajstić information content (AvgIpc) is 2.71. The van der Waals surface area contributed by atoms with Crippen LogP contribution in [0.15, 0.2) is 0 Å². The maximum absolute atomic E-state index is 11.4. The number of likely N-dealkylation sites (tertiary alicyclic amines) is 1. The van der Waals surface area contributed by atoms with E-state index in [0.717, 1.165) is 0 Å². The number of hydrogen-bond donors (Lipinski definition) is 2. The molecule has 0 bridgehead atoms. The van der Waals surface area contributed by atoms with Crippen molar-refractivity contribution in [3.8, 4) is 6.07 Å². The van der Waals surface area contributed by atoms with Crippen molar-refractivity contribution >= 4 is 11.9 Å². The molecule has 0 aromatic carbocycles. The van der Waals surface area contributed by atoms with Crippen molar-refractivity contribution in [2.45, 2.75) is 19.8 Å². The standard InChI is InChI=1S/C11H17N3O3/c1-2-11(10(16)17)3-6-14(8-11)7-9(15)13-5-4-12/h2-3,5-8H2,1H3,(H,13,15)(H,16,17). The molecule has 1 aliphatic rings. The Balaban J connectivity index is 2.48. The number of nitrogens with one attached hydrogen (secondary N) is 1. The van der Waals surface area contributed by atoms with Crippen LogP contribution in [-0.4, -0.2) is 48.1 Å². The van der Waals surface area contributed by atoms with E-state index in [1.54, 1.807) is 0 Å². The highest BCUT2D eigenvalue weighted by atomic mass is 16.4. The first-order valence-corrected chi connectivity index (χ1v) is 5.63. The van der Waals surface area contributed by atoms with Gasteiger partial charge in [-0.05, 0) is 19.4 Å². The summed E-state index contributed by atoms with van der Waals surface area (Å²) in [6.07, 6.45) is 1.14. The van der Waals surface area contributed by atoms with Gasteiger partial charge in [-0.2, -0.15) is 5.26 Å². The van der Waals surface area contributed by atoms with Gasteiger partial charge in [0.25, 0.3) is 0 Å². The van der Waals surface area contributed by atoms with Crippen molar-refractivity contribution in [3.63, 3.8) is 0 Å². The topological polar surface area (TPSA) is 93.4 Å². The third-order valence-electron chi connectivity index (χ3n) is 3.30. The molecular weight excluding hydrogens is 222 g/mol. The number of nitrogens with zero attached hydrogens (tertiary/aromatic N) is 2. The Kier molecular flexibility index (Phi) is 4.46. The molecule has 1 heterocycles. The molecular formula is C11H17N3O3. The van der Waals surface area contributed by atoms with E-state index >= 15 is 0 Å². The Bertz CT molecular complexity index is 350. The van der Waals surface area contributed by atoms with Crippen molar-refractivity contribution in [2.75, 3.05) is 26.2 Å². The van der Waals surface area contributed by atoms with Crippen LogP contribution < -0.4 is 5.32 Å². The Hall–Kier alpha value is -1.61. The van der Waals surface area contributed by atoms with Crippen molar-refractivity contribution in [1.82, 2.24) is 10.2 Å². The third-order valence-corrected chi connectivity index (χ3v) is 3.30. The lowest BCUT2D eigenvalue weighted by atomic mass is 9.84. The van der Waals surface area contributed by atoms with Crippen molar-refractivity contribution < 1.29 is 14.7 Å². The van der Waals surface area contributed by atoms with E-state index in [9.17, 15) is 14.7 Å². The van der Waals surface area contributed by atoms with Crippen LogP contribution in [-0.2, 0) is 9.59 Å². The number of amides is 1. The van der Waals surface area contributed by atoms with Gasteiger partial charge in [0.15, 0.2) is 0 Å². The molecule has 94 valence electrons. The molecule has 1 aliphatic heterocycles. The van der Waals surface area contributed by atoms with Crippen LogP contribution in [0.4, 0.5) is 0 Å². The first kappa shape index (κ1) is 13.5. The summed E-state index contributed by atoms with van der Waals surface area (Å²) >= 11 is 0. The van der Waals surface area contributed by atoms with Crippen LogP contribution in [0.1, 0.15) is 19.8 Å². The molecule has 1 rings (SSSR count). The molecule has 1 unspecified atom stereocenters. The number of carbonyl (C=O) groups is 2. The molecule has 1 saturated heterocycles. The molecule has 0 saturated carbocycles. The summed E-state index contributed by atoms with van der Waals surface area (Å²) in [7, 11) is 0. The summed E-state index contributed by atoms with van der Waals surface area (Å²) in [5.41, 5.74) is -0.713. The zero-order valence-corrected chi connectivity index (χ0v) is 9.90. The van der Waals surface area contributed by atoms with Gasteiger partial charge in [-0.3, -0.25) is 14.5 Å². The van der Waals surface area contributed by atoms with E-state index in [-0.39, 0.29) is 19.0 Å². The summed E-state index contributed by atoms with van der Waals surface area (Å²) in [4.78, 5) is 24.4. The van der Waals surface area contributed by atoms with Crippen molar-refractivity contribution in [1.29, 1.82) is 5.26 Å². The van der Waals surface area contributed by atoms with Gasteiger partial charge in [0.1, 0.15) is 6.54 Å². The fourth-order valence-electron chi connectivity index (χ4n) is 2.10. The number of hydrogen-bond acceptors (Lipinski definition) is 4. The SMILES string of the molecule is CCC1(C(=O)O)CCN(CC(=O)NCC#N)C1. The Morgan fingerprint density at radius 1 is 1.59 bits per heavy atom. The largest absolute Gasteiger partial charge is 0.481 e. The van der Waals surface area contributed by atoms with E-state index in [2.05, 4.69) is 5.32 Å². The lowest BCUT2D eigenvalue weighted by Crippen LogP contribution is -2.39. The average molecular weight is 239 g/mol. The lowest BCUT2D eigenvalue weighted by Gasteiger charge is -2.22. The van der Waals surface area contributed by atoms with Crippen LogP contribution in [0.2, 0.25) is 0 Å². The predicted octanol–water partition coefficient (Wildman–Crippen LogP) is -0.187. The van der Waals surface area contributed by atoms with Gasteiger partial charge in [0.05, 0.1) is 18.0 Å². The number of rotatable bonds is 5. The van der Waals surface area contributed by atoms with Gasteiger partial charge >= 0.3 is 5.97 Å². The van der Waals surface area contributed by atoms with Gasteiger partial charge in [-0.15, -0.1) is 0 Å². The van der Waals surface area contributed by atoms with E-state index in [1.165, 1.54) is 0 Å². The molecule has 0 aromatic rings. The molecule has 1 fully saturated rings. The second kappa shape index (κ2) is 5.64. The Morgan fingerprint density at radius 2 is 2.29 bits per heavy atom. The van der Waals surface area contributed by atoms with E-state index < -0.39 is 11.4 Å². The minimum absolute atomic E-state index is 0.00940. The first-order valence-electron chi connectivity index (χ1n) is 5.63. The normalized spacial score (nSPS) is 24.2. The van der Waals surface area contributed by atoms with Gasteiger partial charge in [-0.1, -0.05) is 6.92 Å². The predicted molar refractivity (Wildman–Crippen MR) is 60.0 cm³/mol. The van der Waals surface area contributed by atoms with Crippen LogP contribution >= 0.6 is 0 Å². The van der Waals surface area contributed by atoms with Crippen LogP contribution in [0.5, 0.6) is 0 Å². The minimum Gasteiger partial charge on any atom is -0.481 e. The highest BCUT2D eigenvalue weighted by molar-refractivity contribution is 5.79. The number of carbonyl (C=O) groups excluding carboxylic acids is 1. The monoisotopic (exact) mass is 239 g/mol. The third kappa shape index (κ3) is 3.17. The number of aliphatic carboxylic acids is 1.